The summed E-state index contributed by atoms with van der Waals surface area (Å²) in [6, 6.07) is 27.8. The minimum Gasteiger partial charge on any atom is -0.532 e. The van der Waals surface area contributed by atoms with E-state index in [0.717, 1.165) is 21.6 Å². The van der Waals surface area contributed by atoms with Crippen molar-refractivity contribution in [2.75, 3.05) is 0 Å². The van der Waals surface area contributed by atoms with E-state index in [1.807, 2.05) is 54.6 Å². The Labute approximate surface area is 135 Å². The molecule has 1 N–H and O–H groups in total. The minimum atomic E-state index is -0.998. The first-order chi connectivity index (χ1) is 11.3. The van der Waals surface area contributed by atoms with Crippen LogP contribution >= 0.6 is 0 Å². The molecule has 0 fully saturated rings. The molecule has 0 heterocycles. The Bertz CT molecular complexity index is 967. The van der Waals surface area contributed by atoms with Gasteiger partial charge in [-0.1, -0.05) is 60.7 Å². The minimum absolute atomic E-state index is 0.651. The molecule has 4 aromatic carbocycles. The Morgan fingerprint density at radius 3 is 2.09 bits per heavy atom. The fourth-order valence-corrected chi connectivity index (χ4v) is 2.90. The summed E-state index contributed by atoms with van der Waals surface area (Å²) in [5.74, 6) is 0.651. The lowest BCUT2D eigenvalue weighted by Gasteiger charge is -2.13. The van der Waals surface area contributed by atoms with Gasteiger partial charge in [0.15, 0.2) is 0 Å². The number of fused-ring (bicyclic) bond motifs is 2. The average Bonchev–Trinajstić information content (AvgIpc) is 2.60. The zero-order valence-electron chi connectivity index (χ0n) is 12.5. The summed E-state index contributed by atoms with van der Waals surface area (Å²) >= 11 is 0. The third-order valence-corrected chi connectivity index (χ3v) is 4.04. The van der Waals surface area contributed by atoms with Crippen LogP contribution in [0.4, 0.5) is 0 Å². The Balaban J connectivity index is 1.81. The standard InChI is InChI=1S/C20H15BO2/c22-21(23-18-10-2-1-3-11-18)20-12-6-9-17-13-15-7-4-5-8-16(15)14-19(17)20/h1-14,22H. The van der Waals surface area contributed by atoms with Gasteiger partial charge >= 0.3 is 7.12 Å². The van der Waals surface area contributed by atoms with Crippen molar-refractivity contribution in [1.82, 2.24) is 0 Å². The van der Waals surface area contributed by atoms with Gasteiger partial charge in [0.2, 0.25) is 0 Å². The molecule has 0 aliphatic heterocycles. The molecule has 0 bridgehead atoms. The lowest BCUT2D eigenvalue weighted by molar-refractivity contribution is 0.433. The van der Waals surface area contributed by atoms with Crippen molar-refractivity contribution in [2.45, 2.75) is 0 Å². The van der Waals surface area contributed by atoms with Crippen LogP contribution in [0.1, 0.15) is 0 Å². The van der Waals surface area contributed by atoms with E-state index in [-0.39, 0.29) is 0 Å². The van der Waals surface area contributed by atoms with Gasteiger partial charge in [0.05, 0.1) is 0 Å². The smallest absolute Gasteiger partial charge is 0.532 e. The highest BCUT2D eigenvalue weighted by molar-refractivity contribution is 6.64. The second-order valence-electron chi connectivity index (χ2n) is 5.55. The normalized spacial score (nSPS) is 10.8. The van der Waals surface area contributed by atoms with Crippen LogP contribution in [0.2, 0.25) is 0 Å². The van der Waals surface area contributed by atoms with Gasteiger partial charge in [0.25, 0.3) is 0 Å². The van der Waals surface area contributed by atoms with E-state index in [1.54, 1.807) is 0 Å². The number of rotatable bonds is 3. The molecule has 2 nitrogen and oxygen atoms in total. The van der Waals surface area contributed by atoms with E-state index in [4.69, 9.17) is 4.65 Å². The molecule has 0 aliphatic rings. The molecule has 0 saturated carbocycles. The van der Waals surface area contributed by atoms with E-state index in [1.165, 1.54) is 5.39 Å². The van der Waals surface area contributed by atoms with Crippen LogP contribution in [0.5, 0.6) is 5.75 Å². The van der Waals surface area contributed by atoms with Gasteiger partial charge in [-0.25, -0.2) is 0 Å². The highest BCUT2D eigenvalue weighted by Crippen LogP contribution is 2.22. The molecule has 0 saturated heterocycles. The SMILES string of the molecule is OB(Oc1ccccc1)c1cccc2cc3ccccc3cc12. The second kappa shape index (κ2) is 5.78. The summed E-state index contributed by atoms with van der Waals surface area (Å²) < 4.78 is 5.68. The summed E-state index contributed by atoms with van der Waals surface area (Å²) in [6.07, 6.45) is 0. The van der Waals surface area contributed by atoms with Crippen molar-refractivity contribution < 1.29 is 9.68 Å². The number of hydrogen-bond donors (Lipinski definition) is 1. The van der Waals surface area contributed by atoms with Gasteiger partial charge in [0, 0.05) is 5.46 Å². The van der Waals surface area contributed by atoms with Gasteiger partial charge in [-0.2, -0.15) is 0 Å². The molecule has 0 spiro atoms. The summed E-state index contributed by atoms with van der Waals surface area (Å²) in [4.78, 5) is 0. The molecule has 110 valence electrons. The van der Waals surface area contributed by atoms with E-state index >= 15 is 0 Å². The van der Waals surface area contributed by atoms with Gasteiger partial charge in [-0.15, -0.1) is 0 Å². The van der Waals surface area contributed by atoms with Crippen molar-refractivity contribution in [1.29, 1.82) is 0 Å². The molecule has 4 rings (SSSR count). The van der Waals surface area contributed by atoms with Crippen LogP contribution in [0.15, 0.2) is 84.9 Å². The maximum atomic E-state index is 10.5. The first kappa shape index (κ1) is 13.9. The first-order valence-corrected chi connectivity index (χ1v) is 7.62. The number of benzene rings is 4. The first-order valence-electron chi connectivity index (χ1n) is 7.62. The molecular formula is C20H15BO2. The molecule has 0 radical (unpaired) electrons. The van der Waals surface area contributed by atoms with Crippen molar-refractivity contribution in [3.63, 3.8) is 0 Å². The second-order valence-corrected chi connectivity index (χ2v) is 5.55. The Hall–Kier alpha value is -2.78. The lowest BCUT2D eigenvalue weighted by Crippen LogP contribution is -2.37. The van der Waals surface area contributed by atoms with Crippen molar-refractivity contribution in [3.05, 3.63) is 84.9 Å². The highest BCUT2D eigenvalue weighted by Gasteiger charge is 2.21. The van der Waals surface area contributed by atoms with Crippen molar-refractivity contribution >= 4 is 34.1 Å². The fraction of sp³-hybridized carbons (Fsp3) is 0. The van der Waals surface area contributed by atoms with Gasteiger partial charge in [0.1, 0.15) is 5.75 Å². The average molecular weight is 298 g/mol. The van der Waals surface area contributed by atoms with E-state index in [2.05, 4.69) is 30.3 Å². The molecule has 4 aromatic rings. The van der Waals surface area contributed by atoms with Crippen LogP contribution in [-0.4, -0.2) is 12.1 Å². The van der Waals surface area contributed by atoms with Gasteiger partial charge in [-0.3, -0.25) is 0 Å². The van der Waals surface area contributed by atoms with Crippen LogP contribution < -0.4 is 10.1 Å². The van der Waals surface area contributed by atoms with Crippen molar-refractivity contribution in [3.8, 4) is 5.75 Å². The number of hydrogen-bond acceptors (Lipinski definition) is 2. The summed E-state index contributed by atoms with van der Waals surface area (Å²) in [7, 11) is -0.998. The van der Waals surface area contributed by atoms with Crippen LogP contribution in [0.3, 0.4) is 0 Å². The van der Waals surface area contributed by atoms with Gasteiger partial charge in [-0.05, 0) is 45.8 Å². The van der Waals surface area contributed by atoms with Crippen LogP contribution in [-0.2, 0) is 0 Å². The Kier molecular flexibility index (Phi) is 3.49. The van der Waals surface area contributed by atoms with Crippen LogP contribution in [0, 0.1) is 0 Å². The molecule has 0 aliphatic carbocycles. The van der Waals surface area contributed by atoms with E-state index < -0.39 is 7.12 Å². The molecule has 0 aromatic heterocycles. The Morgan fingerprint density at radius 1 is 0.652 bits per heavy atom. The summed E-state index contributed by atoms with van der Waals surface area (Å²) in [6.45, 7) is 0. The molecule has 0 unspecified atom stereocenters. The van der Waals surface area contributed by atoms with E-state index in [9.17, 15) is 5.02 Å². The highest BCUT2D eigenvalue weighted by atomic mass is 16.5. The quantitative estimate of drug-likeness (QED) is 0.461. The molecule has 23 heavy (non-hydrogen) atoms. The fourth-order valence-electron chi connectivity index (χ4n) is 2.90. The predicted octanol–water partition coefficient (Wildman–Crippen LogP) is 3.76. The number of para-hydroxylation sites is 1. The van der Waals surface area contributed by atoms with Crippen molar-refractivity contribution in [2.24, 2.45) is 0 Å². The predicted molar refractivity (Wildman–Crippen MR) is 96.1 cm³/mol. The molecule has 0 amide bonds. The third kappa shape index (κ3) is 2.67. The molecule has 0 atom stereocenters. The third-order valence-electron chi connectivity index (χ3n) is 4.04. The monoisotopic (exact) mass is 298 g/mol. The summed E-state index contributed by atoms with van der Waals surface area (Å²) in [5.41, 5.74) is 0.775. The maximum absolute atomic E-state index is 10.5. The topological polar surface area (TPSA) is 29.5 Å². The lowest BCUT2D eigenvalue weighted by atomic mass is 9.76. The zero-order chi connectivity index (χ0) is 15.6. The Morgan fingerprint density at radius 2 is 1.30 bits per heavy atom. The zero-order valence-corrected chi connectivity index (χ0v) is 12.5. The van der Waals surface area contributed by atoms with Crippen LogP contribution in [0.25, 0.3) is 21.5 Å². The maximum Gasteiger partial charge on any atom is 0.560 e. The van der Waals surface area contributed by atoms with E-state index in [0.29, 0.717) is 5.75 Å². The summed E-state index contributed by atoms with van der Waals surface area (Å²) in [5, 5.41) is 15.0. The molecule has 3 heteroatoms. The largest absolute Gasteiger partial charge is 0.560 e. The molecular weight excluding hydrogens is 283 g/mol. The van der Waals surface area contributed by atoms with Gasteiger partial charge < -0.3 is 9.68 Å².